The number of guanidine groups is 1. The summed E-state index contributed by atoms with van der Waals surface area (Å²) in [6, 6.07) is 10.2. The Labute approximate surface area is 178 Å². The molecule has 162 valence electrons. The number of thioether (sulfide) groups is 1. The van der Waals surface area contributed by atoms with Crippen LogP contribution < -0.4 is 5.32 Å². The summed E-state index contributed by atoms with van der Waals surface area (Å²) < 4.78 is 32.4. The molecule has 1 N–H and O–H groups in total. The van der Waals surface area contributed by atoms with E-state index in [1.807, 2.05) is 30.0 Å². The molecule has 1 unspecified atom stereocenters. The number of ether oxygens (including phenoxy) is 1. The van der Waals surface area contributed by atoms with Crippen molar-refractivity contribution in [3.8, 4) is 0 Å². The Morgan fingerprint density at radius 3 is 2.72 bits per heavy atom. The minimum atomic E-state index is -3.20. The van der Waals surface area contributed by atoms with E-state index in [2.05, 4.69) is 27.3 Å². The van der Waals surface area contributed by atoms with Crippen LogP contribution in [0.4, 0.5) is 0 Å². The van der Waals surface area contributed by atoms with Crippen molar-refractivity contribution in [2.45, 2.75) is 13.0 Å². The third-order valence-electron chi connectivity index (χ3n) is 5.27. The molecule has 0 amide bonds. The minimum absolute atomic E-state index is 0.105. The van der Waals surface area contributed by atoms with Crippen LogP contribution in [-0.4, -0.2) is 87.2 Å². The number of sulfonamides is 1. The molecule has 0 bridgehead atoms. The number of hydrogen-bond donors (Lipinski definition) is 1. The Morgan fingerprint density at radius 2 is 2.00 bits per heavy atom. The van der Waals surface area contributed by atoms with Gasteiger partial charge < -0.3 is 15.0 Å². The first kappa shape index (κ1) is 22.4. The maximum absolute atomic E-state index is 12.5. The Morgan fingerprint density at radius 1 is 1.24 bits per heavy atom. The van der Waals surface area contributed by atoms with Crippen LogP contribution in [0.1, 0.15) is 12.0 Å². The van der Waals surface area contributed by atoms with Gasteiger partial charge in [0.1, 0.15) is 0 Å². The van der Waals surface area contributed by atoms with Crippen LogP contribution in [-0.2, 0) is 21.4 Å². The first-order valence-electron chi connectivity index (χ1n) is 10.2. The fourth-order valence-electron chi connectivity index (χ4n) is 3.66. The number of benzene rings is 1. The zero-order valence-electron chi connectivity index (χ0n) is 17.1. The van der Waals surface area contributed by atoms with Gasteiger partial charge in [0.05, 0.1) is 19.0 Å². The molecular formula is C20H32N4O3S2. The fourth-order valence-corrected chi connectivity index (χ4v) is 6.15. The fraction of sp³-hybridized carbons (Fsp3) is 0.650. The molecule has 2 heterocycles. The van der Waals surface area contributed by atoms with Crippen molar-refractivity contribution >= 4 is 27.7 Å². The summed E-state index contributed by atoms with van der Waals surface area (Å²) in [5, 5.41) is 3.23. The molecule has 0 aromatic heterocycles. The summed E-state index contributed by atoms with van der Waals surface area (Å²) in [6.45, 7) is 4.78. The van der Waals surface area contributed by atoms with E-state index in [0.717, 1.165) is 43.6 Å². The van der Waals surface area contributed by atoms with Crippen LogP contribution in [0.2, 0.25) is 0 Å². The lowest BCUT2D eigenvalue weighted by Crippen LogP contribution is -2.45. The molecule has 29 heavy (non-hydrogen) atoms. The smallest absolute Gasteiger partial charge is 0.215 e. The van der Waals surface area contributed by atoms with E-state index in [1.54, 1.807) is 11.4 Å². The van der Waals surface area contributed by atoms with Crippen molar-refractivity contribution in [1.29, 1.82) is 0 Å². The Balaban J connectivity index is 1.38. The Hall–Kier alpha value is -1.29. The van der Waals surface area contributed by atoms with Crippen LogP contribution in [0.25, 0.3) is 0 Å². The lowest BCUT2D eigenvalue weighted by atomic mass is 10.1. The van der Waals surface area contributed by atoms with E-state index < -0.39 is 10.0 Å². The summed E-state index contributed by atoms with van der Waals surface area (Å²) in [5.41, 5.74) is 1.19. The van der Waals surface area contributed by atoms with Gasteiger partial charge in [-0.05, 0) is 12.0 Å². The lowest BCUT2D eigenvalue weighted by Gasteiger charge is -2.26. The van der Waals surface area contributed by atoms with Gasteiger partial charge in [-0.2, -0.15) is 11.8 Å². The molecule has 0 radical (unpaired) electrons. The second-order valence-corrected chi connectivity index (χ2v) is 10.7. The third-order valence-corrected chi connectivity index (χ3v) is 8.08. The second-order valence-electron chi connectivity index (χ2n) is 7.40. The van der Waals surface area contributed by atoms with Crippen molar-refractivity contribution in [2.24, 2.45) is 10.9 Å². The first-order valence-corrected chi connectivity index (χ1v) is 13.0. The van der Waals surface area contributed by atoms with Gasteiger partial charge in [0, 0.05) is 57.2 Å². The molecule has 3 rings (SSSR count). The third kappa shape index (κ3) is 6.87. The summed E-state index contributed by atoms with van der Waals surface area (Å²) in [7, 11) is -1.45. The quantitative estimate of drug-likeness (QED) is 0.488. The number of aliphatic imine (C=N–C) groups is 1. The van der Waals surface area contributed by atoms with Crippen LogP contribution >= 0.6 is 11.8 Å². The standard InChI is InChI=1S/C20H32N4O3S2/c1-21-20(22-8-14-29(25,26)24-10-12-28-13-11-24)23-9-7-19(15-23)17-27-16-18-5-3-2-4-6-18/h2-6,19H,7-17H2,1H3,(H,21,22). The van der Waals surface area contributed by atoms with Gasteiger partial charge in [-0.1, -0.05) is 30.3 Å². The Bertz CT molecular complexity index is 752. The van der Waals surface area contributed by atoms with Gasteiger partial charge in [-0.3, -0.25) is 4.99 Å². The average molecular weight is 441 g/mol. The van der Waals surface area contributed by atoms with E-state index in [4.69, 9.17) is 4.74 Å². The van der Waals surface area contributed by atoms with Gasteiger partial charge in [-0.15, -0.1) is 0 Å². The van der Waals surface area contributed by atoms with E-state index in [-0.39, 0.29) is 5.75 Å². The molecule has 2 fully saturated rings. The molecule has 1 atom stereocenters. The molecule has 1 aromatic rings. The van der Waals surface area contributed by atoms with E-state index in [9.17, 15) is 8.42 Å². The van der Waals surface area contributed by atoms with Crippen molar-refractivity contribution in [3.05, 3.63) is 35.9 Å². The molecule has 1 aromatic carbocycles. The number of hydrogen-bond acceptors (Lipinski definition) is 5. The molecule has 2 aliphatic rings. The van der Waals surface area contributed by atoms with Gasteiger partial charge in [0.25, 0.3) is 0 Å². The van der Waals surface area contributed by atoms with Crippen LogP contribution in [0, 0.1) is 5.92 Å². The molecule has 2 saturated heterocycles. The topological polar surface area (TPSA) is 74.2 Å². The van der Waals surface area contributed by atoms with Gasteiger partial charge in [-0.25, -0.2) is 12.7 Å². The number of likely N-dealkylation sites (tertiary alicyclic amines) is 1. The van der Waals surface area contributed by atoms with Gasteiger partial charge in [0.2, 0.25) is 10.0 Å². The van der Waals surface area contributed by atoms with Crippen LogP contribution in [0.5, 0.6) is 0 Å². The molecule has 0 spiro atoms. The van der Waals surface area contributed by atoms with Crippen LogP contribution in [0.15, 0.2) is 35.3 Å². The molecular weight excluding hydrogens is 408 g/mol. The second kappa shape index (κ2) is 11.2. The van der Waals surface area contributed by atoms with E-state index in [0.29, 0.717) is 32.2 Å². The zero-order valence-corrected chi connectivity index (χ0v) is 18.8. The normalized spacial score (nSPS) is 21.5. The number of nitrogens with zero attached hydrogens (tertiary/aromatic N) is 3. The molecule has 7 nitrogen and oxygen atoms in total. The average Bonchev–Trinajstić information content (AvgIpc) is 3.21. The zero-order chi connectivity index (χ0) is 20.5. The van der Waals surface area contributed by atoms with Crippen molar-refractivity contribution in [1.82, 2.24) is 14.5 Å². The first-order chi connectivity index (χ1) is 14.1. The number of nitrogens with one attached hydrogen (secondary N) is 1. The molecule has 9 heteroatoms. The van der Waals surface area contributed by atoms with Gasteiger partial charge >= 0.3 is 0 Å². The molecule has 0 aliphatic carbocycles. The Kier molecular flexibility index (Phi) is 8.65. The van der Waals surface area contributed by atoms with E-state index >= 15 is 0 Å². The van der Waals surface area contributed by atoms with E-state index in [1.165, 1.54) is 5.56 Å². The summed E-state index contributed by atoms with van der Waals surface area (Å²) in [6.07, 6.45) is 1.05. The molecule has 0 saturated carbocycles. The van der Waals surface area contributed by atoms with Crippen molar-refractivity contribution < 1.29 is 13.2 Å². The SMILES string of the molecule is CN=C(NCCS(=O)(=O)N1CCSCC1)N1CCC(COCc2ccccc2)C1. The highest BCUT2D eigenvalue weighted by molar-refractivity contribution is 7.99. The molecule has 2 aliphatic heterocycles. The number of rotatable bonds is 8. The summed E-state index contributed by atoms with van der Waals surface area (Å²) in [5.74, 6) is 3.12. The largest absolute Gasteiger partial charge is 0.376 e. The van der Waals surface area contributed by atoms with Crippen LogP contribution in [0.3, 0.4) is 0 Å². The van der Waals surface area contributed by atoms with Gasteiger partial charge in [0.15, 0.2) is 5.96 Å². The maximum Gasteiger partial charge on any atom is 0.215 e. The maximum atomic E-state index is 12.5. The highest BCUT2D eigenvalue weighted by Crippen LogP contribution is 2.17. The summed E-state index contributed by atoms with van der Waals surface area (Å²) >= 11 is 1.81. The highest BCUT2D eigenvalue weighted by Gasteiger charge is 2.26. The van der Waals surface area contributed by atoms with Crippen molar-refractivity contribution in [3.63, 3.8) is 0 Å². The predicted molar refractivity (Wildman–Crippen MR) is 120 cm³/mol. The summed E-state index contributed by atoms with van der Waals surface area (Å²) in [4.78, 5) is 6.54. The monoisotopic (exact) mass is 440 g/mol. The highest BCUT2D eigenvalue weighted by atomic mass is 32.2. The lowest BCUT2D eigenvalue weighted by molar-refractivity contribution is 0.0907. The minimum Gasteiger partial charge on any atom is -0.376 e. The predicted octanol–water partition coefficient (Wildman–Crippen LogP) is 1.48. The van der Waals surface area contributed by atoms with Crippen molar-refractivity contribution in [2.75, 3.05) is 63.6 Å².